The molecule has 0 amide bonds. The van der Waals surface area contributed by atoms with Crippen LogP contribution in [0.4, 0.5) is 0 Å². The van der Waals surface area contributed by atoms with E-state index in [0.29, 0.717) is 0 Å². The number of aromatic nitrogens is 2. The summed E-state index contributed by atoms with van der Waals surface area (Å²) in [5.41, 5.74) is 7.97. The van der Waals surface area contributed by atoms with Crippen molar-refractivity contribution in [2.75, 3.05) is 0 Å². The van der Waals surface area contributed by atoms with E-state index >= 15 is 0 Å². The summed E-state index contributed by atoms with van der Waals surface area (Å²) in [5.74, 6) is 0.784. The lowest BCUT2D eigenvalue weighted by Gasteiger charge is -2.23. The number of pyridine rings is 2. The monoisotopic (exact) mass is 279 g/mol. The predicted octanol–water partition coefficient (Wildman–Crippen LogP) is 3.10. The van der Waals surface area contributed by atoms with Crippen LogP contribution >= 0.6 is 0 Å². The van der Waals surface area contributed by atoms with Crippen molar-refractivity contribution >= 4 is 10.9 Å². The maximum atomic E-state index is 6.17. The first-order chi connectivity index (χ1) is 10.3. The zero-order valence-electron chi connectivity index (χ0n) is 11.8. The van der Waals surface area contributed by atoms with E-state index in [1.54, 1.807) is 18.6 Å². The lowest BCUT2D eigenvalue weighted by molar-refractivity contribution is 0.182. The van der Waals surface area contributed by atoms with Gasteiger partial charge in [0.05, 0.1) is 5.52 Å². The van der Waals surface area contributed by atoms with Crippen LogP contribution in [0.3, 0.4) is 0 Å². The zero-order chi connectivity index (χ0) is 14.7. The number of hydrogen-bond acceptors (Lipinski definition) is 4. The van der Waals surface area contributed by atoms with Crippen LogP contribution in [-0.2, 0) is 0 Å². The highest BCUT2D eigenvalue weighted by Crippen LogP contribution is 2.29. The molecule has 2 unspecified atom stereocenters. The van der Waals surface area contributed by atoms with E-state index in [9.17, 15) is 0 Å². The van der Waals surface area contributed by atoms with Gasteiger partial charge in [-0.15, -0.1) is 0 Å². The molecule has 2 aromatic heterocycles. The van der Waals surface area contributed by atoms with Crippen molar-refractivity contribution in [3.05, 3.63) is 66.6 Å². The molecule has 4 nitrogen and oxygen atoms in total. The van der Waals surface area contributed by atoms with Gasteiger partial charge >= 0.3 is 0 Å². The average Bonchev–Trinajstić information content (AvgIpc) is 2.53. The smallest absolute Gasteiger partial charge is 0.140 e. The van der Waals surface area contributed by atoms with E-state index in [0.717, 1.165) is 22.2 Å². The van der Waals surface area contributed by atoms with E-state index < -0.39 is 0 Å². The number of fused-ring (bicyclic) bond motifs is 1. The van der Waals surface area contributed by atoms with Crippen LogP contribution in [0.15, 0.2) is 61.1 Å². The molecule has 4 heteroatoms. The number of nitrogens with two attached hydrogens (primary N) is 1. The second kappa shape index (κ2) is 5.89. The molecule has 0 radical (unpaired) electrons. The van der Waals surface area contributed by atoms with Gasteiger partial charge in [-0.25, -0.2) is 0 Å². The second-order valence-corrected chi connectivity index (χ2v) is 5.01. The summed E-state index contributed by atoms with van der Waals surface area (Å²) < 4.78 is 6.17. The molecule has 2 N–H and O–H groups in total. The van der Waals surface area contributed by atoms with Crippen LogP contribution in [0.5, 0.6) is 5.75 Å². The molecule has 0 saturated carbocycles. The first kappa shape index (κ1) is 13.5. The quantitative estimate of drug-likeness (QED) is 0.797. The van der Waals surface area contributed by atoms with E-state index in [-0.39, 0.29) is 12.1 Å². The predicted molar refractivity (Wildman–Crippen MR) is 83.0 cm³/mol. The molecule has 0 aliphatic rings. The summed E-state index contributed by atoms with van der Waals surface area (Å²) in [6, 6.07) is 13.5. The topological polar surface area (TPSA) is 61.0 Å². The van der Waals surface area contributed by atoms with E-state index in [2.05, 4.69) is 9.97 Å². The Balaban J connectivity index is 1.99. The Labute approximate surface area is 123 Å². The Morgan fingerprint density at radius 3 is 2.67 bits per heavy atom. The molecule has 0 fully saturated rings. The summed E-state index contributed by atoms with van der Waals surface area (Å²) in [7, 11) is 0. The largest absolute Gasteiger partial charge is 0.483 e. The lowest BCUT2D eigenvalue weighted by Crippen LogP contribution is -2.29. The minimum absolute atomic E-state index is 0.152. The highest BCUT2D eigenvalue weighted by atomic mass is 16.5. The minimum Gasteiger partial charge on any atom is -0.483 e. The fourth-order valence-corrected chi connectivity index (χ4v) is 2.34. The summed E-state index contributed by atoms with van der Waals surface area (Å²) >= 11 is 0. The molecule has 3 aromatic rings. The Morgan fingerprint density at radius 1 is 1.05 bits per heavy atom. The van der Waals surface area contributed by atoms with Crippen molar-refractivity contribution in [3.63, 3.8) is 0 Å². The molecule has 106 valence electrons. The maximum Gasteiger partial charge on any atom is 0.140 e. The fourth-order valence-electron chi connectivity index (χ4n) is 2.34. The molecular formula is C17H17N3O. The lowest BCUT2D eigenvalue weighted by atomic mass is 10.1. The summed E-state index contributed by atoms with van der Waals surface area (Å²) in [6.45, 7) is 1.93. The number of ether oxygens (including phenoxy) is 1. The van der Waals surface area contributed by atoms with Gasteiger partial charge in [0.15, 0.2) is 0 Å². The SMILES string of the molecule is CC(N)C(Oc1cccc2ncccc12)c1cccnc1. The van der Waals surface area contributed by atoms with E-state index in [4.69, 9.17) is 10.5 Å². The van der Waals surface area contributed by atoms with Crippen molar-refractivity contribution in [1.29, 1.82) is 0 Å². The fraction of sp³-hybridized carbons (Fsp3) is 0.176. The van der Waals surface area contributed by atoms with Crippen molar-refractivity contribution in [2.45, 2.75) is 19.1 Å². The molecule has 0 aliphatic heterocycles. The number of rotatable bonds is 4. The normalized spacial score (nSPS) is 13.8. The molecule has 2 heterocycles. The Kier molecular flexibility index (Phi) is 3.79. The molecular weight excluding hydrogens is 262 g/mol. The molecule has 2 atom stereocenters. The Morgan fingerprint density at radius 2 is 1.90 bits per heavy atom. The second-order valence-electron chi connectivity index (χ2n) is 5.01. The number of hydrogen-bond donors (Lipinski definition) is 1. The standard InChI is InChI=1S/C17H17N3O/c1-12(18)17(13-5-3-9-19-11-13)21-16-8-2-7-15-14(16)6-4-10-20-15/h2-12,17H,18H2,1H3. The third-order valence-electron chi connectivity index (χ3n) is 3.35. The average molecular weight is 279 g/mol. The number of benzene rings is 1. The Bertz CT molecular complexity index is 723. The third kappa shape index (κ3) is 2.85. The van der Waals surface area contributed by atoms with Gasteiger partial charge in [-0.1, -0.05) is 12.1 Å². The molecule has 1 aromatic carbocycles. The molecule has 0 spiro atoms. The van der Waals surface area contributed by atoms with Gasteiger partial charge in [-0.3, -0.25) is 9.97 Å². The maximum absolute atomic E-state index is 6.17. The van der Waals surface area contributed by atoms with Gasteiger partial charge in [0, 0.05) is 35.6 Å². The summed E-state index contributed by atoms with van der Waals surface area (Å²) in [5, 5.41) is 0.981. The molecule has 21 heavy (non-hydrogen) atoms. The van der Waals surface area contributed by atoms with Crippen molar-refractivity contribution < 1.29 is 4.74 Å². The van der Waals surface area contributed by atoms with Gasteiger partial charge in [0.2, 0.25) is 0 Å². The van der Waals surface area contributed by atoms with Crippen LogP contribution in [0.25, 0.3) is 10.9 Å². The van der Waals surface area contributed by atoms with Gasteiger partial charge in [0.1, 0.15) is 11.9 Å². The molecule has 3 rings (SSSR count). The van der Waals surface area contributed by atoms with Crippen molar-refractivity contribution in [1.82, 2.24) is 9.97 Å². The van der Waals surface area contributed by atoms with E-state index in [1.165, 1.54) is 0 Å². The first-order valence-electron chi connectivity index (χ1n) is 6.91. The zero-order valence-corrected chi connectivity index (χ0v) is 11.8. The summed E-state index contributed by atoms with van der Waals surface area (Å²) in [6.07, 6.45) is 5.06. The van der Waals surface area contributed by atoms with Gasteiger partial charge in [-0.2, -0.15) is 0 Å². The molecule has 0 aliphatic carbocycles. The van der Waals surface area contributed by atoms with Gasteiger partial charge < -0.3 is 10.5 Å². The molecule has 0 saturated heterocycles. The third-order valence-corrected chi connectivity index (χ3v) is 3.35. The van der Waals surface area contributed by atoms with Crippen LogP contribution < -0.4 is 10.5 Å². The number of nitrogens with zero attached hydrogens (tertiary/aromatic N) is 2. The highest BCUT2D eigenvalue weighted by molar-refractivity contribution is 5.84. The van der Waals surface area contributed by atoms with Crippen molar-refractivity contribution in [3.8, 4) is 5.75 Å². The van der Waals surface area contributed by atoms with Gasteiger partial charge in [0.25, 0.3) is 0 Å². The summed E-state index contributed by atoms with van der Waals surface area (Å²) in [4.78, 5) is 8.49. The first-order valence-corrected chi connectivity index (χ1v) is 6.91. The van der Waals surface area contributed by atoms with Crippen LogP contribution in [0.2, 0.25) is 0 Å². The van der Waals surface area contributed by atoms with Crippen LogP contribution in [-0.4, -0.2) is 16.0 Å². The van der Waals surface area contributed by atoms with Crippen molar-refractivity contribution in [2.24, 2.45) is 5.73 Å². The van der Waals surface area contributed by atoms with E-state index in [1.807, 2.05) is 49.4 Å². The van der Waals surface area contributed by atoms with Crippen LogP contribution in [0, 0.1) is 0 Å². The van der Waals surface area contributed by atoms with Gasteiger partial charge in [-0.05, 0) is 37.3 Å². The molecule has 0 bridgehead atoms. The van der Waals surface area contributed by atoms with Crippen LogP contribution in [0.1, 0.15) is 18.6 Å². The highest BCUT2D eigenvalue weighted by Gasteiger charge is 2.19. The Hall–Kier alpha value is -2.46. The minimum atomic E-state index is -0.246.